The zero-order valence-electron chi connectivity index (χ0n) is 15.4. The summed E-state index contributed by atoms with van der Waals surface area (Å²) in [6.07, 6.45) is 0.739. The summed E-state index contributed by atoms with van der Waals surface area (Å²) in [5, 5.41) is 9.21. The quantitative estimate of drug-likeness (QED) is 0.687. The Labute approximate surface area is 165 Å². The molecule has 1 saturated heterocycles. The van der Waals surface area contributed by atoms with Gasteiger partial charge in [0.15, 0.2) is 5.82 Å². The molecule has 2 N–H and O–H groups in total. The van der Waals surface area contributed by atoms with Crippen LogP contribution in [-0.4, -0.2) is 40.2 Å². The minimum Gasteiger partial charge on any atom is -0.334 e. The van der Waals surface area contributed by atoms with Crippen molar-refractivity contribution in [2.45, 2.75) is 19.0 Å². The van der Waals surface area contributed by atoms with Gasteiger partial charge in [0.1, 0.15) is 11.6 Å². The highest BCUT2D eigenvalue weighted by Crippen LogP contribution is 2.19. The molecule has 1 fully saturated rings. The lowest BCUT2D eigenvalue weighted by Crippen LogP contribution is -2.39. The lowest BCUT2D eigenvalue weighted by atomic mass is 10.2. The van der Waals surface area contributed by atoms with Gasteiger partial charge in [0, 0.05) is 30.8 Å². The van der Waals surface area contributed by atoms with E-state index < -0.39 is 17.7 Å². The molecule has 7 nitrogen and oxygen atoms in total. The van der Waals surface area contributed by atoms with Crippen molar-refractivity contribution in [2.24, 2.45) is 0 Å². The number of amides is 2. The molecule has 4 rings (SSSR count). The smallest absolute Gasteiger partial charge is 0.319 e. The maximum Gasteiger partial charge on any atom is 0.319 e. The van der Waals surface area contributed by atoms with Crippen LogP contribution < -0.4 is 10.6 Å². The van der Waals surface area contributed by atoms with Crippen molar-refractivity contribution in [1.29, 1.82) is 0 Å². The Kier molecular flexibility index (Phi) is 5.48. The van der Waals surface area contributed by atoms with Gasteiger partial charge in [-0.15, -0.1) is 0 Å². The van der Waals surface area contributed by atoms with Gasteiger partial charge in [-0.1, -0.05) is 23.4 Å². The predicted molar refractivity (Wildman–Crippen MR) is 102 cm³/mol. The zero-order chi connectivity index (χ0) is 20.2. The van der Waals surface area contributed by atoms with Crippen molar-refractivity contribution in [3.05, 3.63) is 66.0 Å². The maximum atomic E-state index is 13.6. The van der Waals surface area contributed by atoms with E-state index in [9.17, 15) is 13.6 Å². The number of likely N-dealkylation sites (tertiary alicyclic amines) is 1. The van der Waals surface area contributed by atoms with Gasteiger partial charge < -0.3 is 15.2 Å². The van der Waals surface area contributed by atoms with Crippen molar-refractivity contribution in [3.63, 3.8) is 0 Å². The molecule has 9 heteroatoms. The second kappa shape index (κ2) is 8.36. The van der Waals surface area contributed by atoms with Crippen molar-refractivity contribution >= 4 is 11.7 Å². The average molecular weight is 399 g/mol. The van der Waals surface area contributed by atoms with Crippen LogP contribution in [0.4, 0.5) is 19.3 Å². The number of anilines is 1. The van der Waals surface area contributed by atoms with E-state index in [0.717, 1.165) is 30.7 Å². The highest BCUT2D eigenvalue weighted by Gasteiger charge is 2.25. The second-order valence-electron chi connectivity index (χ2n) is 6.83. The summed E-state index contributed by atoms with van der Waals surface area (Å²) >= 11 is 0. The molecule has 0 bridgehead atoms. The maximum absolute atomic E-state index is 13.6. The molecule has 2 amide bonds. The van der Waals surface area contributed by atoms with Gasteiger partial charge in [-0.05, 0) is 30.7 Å². The summed E-state index contributed by atoms with van der Waals surface area (Å²) in [6, 6.07) is 11.9. The molecule has 0 spiro atoms. The monoisotopic (exact) mass is 399 g/mol. The van der Waals surface area contributed by atoms with Crippen LogP contribution in [0.25, 0.3) is 11.5 Å². The van der Waals surface area contributed by atoms with Gasteiger partial charge in [-0.2, -0.15) is 4.98 Å². The number of benzene rings is 2. The van der Waals surface area contributed by atoms with Gasteiger partial charge in [-0.3, -0.25) is 4.90 Å². The minimum absolute atomic E-state index is 0.0704. The van der Waals surface area contributed by atoms with Gasteiger partial charge in [0.25, 0.3) is 5.89 Å². The fourth-order valence-corrected chi connectivity index (χ4v) is 3.24. The molecular weight excluding hydrogens is 380 g/mol. The van der Waals surface area contributed by atoms with Gasteiger partial charge in [0.05, 0.1) is 12.2 Å². The second-order valence-corrected chi connectivity index (χ2v) is 6.83. The topological polar surface area (TPSA) is 83.3 Å². The van der Waals surface area contributed by atoms with Crippen LogP contribution in [0.1, 0.15) is 12.2 Å². The Morgan fingerprint density at radius 3 is 2.83 bits per heavy atom. The van der Waals surface area contributed by atoms with E-state index >= 15 is 0 Å². The first-order chi connectivity index (χ1) is 14.1. The third-order valence-corrected chi connectivity index (χ3v) is 4.64. The highest BCUT2D eigenvalue weighted by molar-refractivity contribution is 5.89. The summed E-state index contributed by atoms with van der Waals surface area (Å²) in [6.45, 7) is 1.86. The normalized spacial score (nSPS) is 16.7. The number of aromatic nitrogens is 2. The molecule has 0 saturated carbocycles. The molecule has 0 aliphatic carbocycles. The molecule has 2 heterocycles. The number of hydrogen-bond acceptors (Lipinski definition) is 5. The van der Waals surface area contributed by atoms with Crippen LogP contribution in [0, 0.1) is 11.6 Å². The number of rotatable bonds is 5. The molecule has 0 radical (unpaired) electrons. The van der Waals surface area contributed by atoms with Crippen molar-refractivity contribution in [3.8, 4) is 11.5 Å². The van der Waals surface area contributed by atoms with Crippen LogP contribution in [0.15, 0.2) is 53.1 Å². The first kappa shape index (κ1) is 19.0. The Balaban J connectivity index is 1.28. The van der Waals surface area contributed by atoms with E-state index in [1.807, 2.05) is 30.3 Å². The fourth-order valence-electron chi connectivity index (χ4n) is 3.24. The molecule has 1 atom stereocenters. The Morgan fingerprint density at radius 1 is 1.21 bits per heavy atom. The molecule has 1 aliphatic rings. The molecular formula is C20H19F2N5O2. The van der Waals surface area contributed by atoms with Gasteiger partial charge in [0.2, 0.25) is 0 Å². The van der Waals surface area contributed by atoms with E-state index in [1.54, 1.807) is 0 Å². The van der Waals surface area contributed by atoms with Gasteiger partial charge in [-0.25, -0.2) is 13.6 Å². The molecule has 3 aromatic rings. The van der Waals surface area contributed by atoms with E-state index in [4.69, 9.17) is 4.52 Å². The Morgan fingerprint density at radius 2 is 2.03 bits per heavy atom. The van der Waals surface area contributed by atoms with Crippen molar-refractivity contribution < 1.29 is 18.1 Å². The summed E-state index contributed by atoms with van der Waals surface area (Å²) in [5.41, 5.74) is 0.788. The Bertz CT molecular complexity index is 996. The number of urea groups is 1. The molecule has 1 aromatic heterocycles. The first-order valence-corrected chi connectivity index (χ1v) is 9.20. The molecule has 2 aromatic carbocycles. The SMILES string of the molecule is O=C(Nc1ccc(F)cc1F)N[C@@H]1CCN(Cc2noc(-c3ccccc3)n2)C1. The number of carbonyl (C=O) groups is 1. The lowest BCUT2D eigenvalue weighted by Gasteiger charge is -2.15. The van der Waals surface area contributed by atoms with Crippen LogP contribution in [0.2, 0.25) is 0 Å². The van der Waals surface area contributed by atoms with Crippen LogP contribution in [0.3, 0.4) is 0 Å². The summed E-state index contributed by atoms with van der Waals surface area (Å²) in [5.74, 6) is -0.478. The third-order valence-electron chi connectivity index (χ3n) is 4.64. The summed E-state index contributed by atoms with van der Waals surface area (Å²) in [7, 11) is 0. The third kappa shape index (κ3) is 4.75. The standard InChI is InChI=1S/C20H19F2N5O2/c21-14-6-7-17(16(22)10-14)24-20(28)23-15-8-9-27(11-15)12-18-25-19(29-26-18)13-4-2-1-3-5-13/h1-7,10,15H,8-9,11-12H2,(H2,23,24,28)/t15-/m1/s1. The minimum atomic E-state index is -0.820. The number of nitrogens with one attached hydrogen (secondary N) is 2. The van der Waals surface area contributed by atoms with Crippen LogP contribution >= 0.6 is 0 Å². The van der Waals surface area contributed by atoms with E-state index in [-0.39, 0.29) is 11.7 Å². The Hall–Kier alpha value is -3.33. The lowest BCUT2D eigenvalue weighted by molar-refractivity contribution is 0.247. The number of halogens is 2. The van der Waals surface area contributed by atoms with Crippen molar-refractivity contribution in [2.75, 3.05) is 18.4 Å². The molecule has 150 valence electrons. The molecule has 0 unspecified atom stereocenters. The highest BCUT2D eigenvalue weighted by atomic mass is 19.1. The summed E-state index contributed by atoms with van der Waals surface area (Å²) in [4.78, 5) is 18.6. The van der Waals surface area contributed by atoms with E-state index in [2.05, 4.69) is 25.7 Å². The number of carbonyl (C=O) groups excluding carboxylic acids is 1. The van der Waals surface area contributed by atoms with Crippen molar-refractivity contribution in [1.82, 2.24) is 20.4 Å². The largest absolute Gasteiger partial charge is 0.334 e. The predicted octanol–water partition coefficient (Wildman–Crippen LogP) is 3.41. The average Bonchev–Trinajstić information content (AvgIpc) is 3.35. The van der Waals surface area contributed by atoms with Crippen LogP contribution in [0.5, 0.6) is 0 Å². The molecule has 29 heavy (non-hydrogen) atoms. The first-order valence-electron chi connectivity index (χ1n) is 9.20. The van der Waals surface area contributed by atoms with E-state index in [1.165, 1.54) is 6.07 Å². The van der Waals surface area contributed by atoms with E-state index in [0.29, 0.717) is 24.8 Å². The number of hydrogen-bond donors (Lipinski definition) is 2. The molecule has 1 aliphatic heterocycles. The fraction of sp³-hybridized carbons (Fsp3) is 0.250. The van der Waals surface area contributed by atoms with Gasteiger partial charge >= 0.3 is 6.03 Å². The van der Waals surface area contributed by atoms with Crippen LogP contribution in [-0.2, 0) is 6.54 Å². The summed E-state index contributed by atoms with van der Waals surface area (Å²) < 4.78 is 31.9. The zero-order valence-corrected chi connectivity index (χ0v) is 15.4. The number of nitrogens with zero attached hydrogens (tertiary/aromatic N) is 3.